The monoisotopic (exact) mass is 426 g/mol. The summed E-state index contributed by atoms with van der Waals surface area (Å²) in [4.78, 5) is 15.4. The third-order valence-corrected chi connectivity index (χ3v) is 5.23. The van der Waals surface area contributed by atoms with Crippen LogP contribution in [0.4, 0.5) is 5.82 Å². The van der Waals surface area contributed by atoms with Crippen molar-refractivity contribution in [2.45, 2.75) is 26.8 Å². The normalized spacial score (nSPS) is 11.2. The molecule has 3 aromatic heterocycles. The van der Waals surface area contributed by atoms with Gasteiger partial charge in [-0.05, 0) is 28.3 Å². The van der Waals surface area contributed by atoms with E-state index < -0.39 is 0 Å². The number of fused-ring (bicyclic) bond motifs is 1. The van der Waals surface area contributed by atoms with Crippen molar-refractivity contribution in [2.75, 3.05) is 11.4 Å². The Morgan fingerprint density at radius 2 is 1.81 bits per heavy atom. The van der Waals surface area contributed by atoms with E-state index in [-0.39, 0.29) is 0 Å². The van der Waals surface area contributed by atoms with Crippen molar-refractivity contribution in [3.63, 3.8) is 0 Å². The van der Waals surface area contributed by atoms with E-state index in [9.17, 15) is 0 Å². The first-order valence-corrected chi connectivity index (χ1v) is 10.5. The van der Waals surface area contributed by atoms with Crippen molar-refractivity contribution in [1.29, 1.82) is 0 Å². The van der Waals surface area contributed by atoms with Gasteiger partial charge in [-0.15, -0.1) is 10.2 Å². The second-order valence-electron chi connectivity index (χ2n) is 7.48. The van der Waals surface area contributed by atoms with Crippen LogP contribution in [0.5, 0.6) is 0 Å². The minimum absolute atomic E-state index is 0.516. The predicted molar refractivity (Wildman–Crippen MR) is 121 cm³/mol. The summed E-state index contributed by atoms with van der Waals surface area (Å²) in [6.07, 6.45) is 2.52. The van der Waals surface area contributed by atoms with E-state index in [1.807, 2.05) is 25.1 Å². The highest BCUT2D eigenvalue weighted by Crippen LogP contribution is 2.30. The molecule has 0 aliphatic heterocycles. The number of H-pyrrole nitrogens is 1. The van der Waals surface area contributed by atoms with Crippen LogP contribution in [0.25, 0.3) is 33.7 Å². The molecule has 0 saturated carbocycles. The van der Waals surface area contributed by atoms with E-state index in [4.69, 9.17) is 4.42 Å². The molecule has 1 N–H and O–H groups in total. The fourth-order valence-electron chi connectivity index (χ4n) is 3.82. The first kappa shape index (κ1) is 19.8. The molecule has 3 heterocycles. The number of nitrogens with zero attached hydrogens (tertiary/aromatic N) is 7. The molecule has 0 spiro atoms. The lowest BCUT2D eigenvalue weighted by Crippen LogP contribution is -2.24. The third-order valence-electron chi connectivity index (χ3n) is 5.23. The number of aromatic amines is 1. The van der Waals surface area contributed by atoms with Gasteiger partial charge in [-0.25, -0.2) is 9.97 Å². The lowest BCUT2D eigenvalue weighted by atomic mass is 9.98. The van der Waals surface area contributed by atoms with Crippen LogP contribution in [0.15, 0.2) is 59.3 Å². The smallest absolute Gasteiger partial charge is 0.252 e. The lowest BCUT2D eigenvalue weighted by molar-refractivity contribution is 0.551. The van der Waals surface area contributed by atoms with Gasteiger partial charge in [0.2, 0.25) is 5.82 Å². The van der Waals surface area contributed by atoms with Crippen LogP contribution in [0.3, 0.4) is 0 Å². The molecule has 160 valence electrons. The van der Waals surface area contributed by atoms with E-state index in [1.165, 1.54) is 11.9 Å². The zero-order valence-corrected chi connectivity index (χ0v) is 17.9. The van der Waals surface area contributed by atoms with Crippen molar-refractivity contribution >= 4 is 17.0 Å². The fraction of sp³-hybridized carbons (Fsp3) is 0.217. The number of nitrogens with one attached hydrogen (secondary N) is 1. The topological polar surface area (TPSA) is 110 Å². The van der Waals surface area contributed by atoms with Gasteiger partial charge in [-0.3, -0.25) is 0 Å². The van der Waals surface area contributed by atoms with Gasteiger partial charge in [0.05, 0.1) is 0 Å². The molecule has 9 heteroatoms. The van der Waals surface area contributed by atoms with Crippen molar-refractivity contribution in [2.24, 2.45) is 0 Å². The van der Waals surface area contributed by atoms with Gasteiger partial charge >= 0.3 is 0 Å². The largest absolute Gasteiger partial charge is 0.422 e. The van der Waals surface area contributed by atoms with Crippen molar-refractivity contribution in [1.82, 2.24) is 35.6 Å². The molecule has 0 bridgehead atoms. The van der Waals surface area contributed by atoms with Gasteiger partial charge in [0.25, 0.3) is 5.71 Å². The highest BCUT2D eigenvalue weighted by molar-refractivity contribution is 5.82. The molecule has 0 aliphatic rings. The van der Waals surface area contributed by atoms with Gasteiger partial charge in [-0.2, -0.15) is 10.2 Å². The highest BCUT2D eigenvalue weighted by Gasteiger charge is 2.17. The summed E-state index contributed by atoms with van der Waals surface area (Å²) in [7, 11) is 0. The second kappa shape index (κ2) is 8.54. The van der Waals surface area contributed by atoms with Crippen molar-refractivity contribution in [3.05, 3.63) is 66.3 Å². The quantitative estimate of drug-likeness (QED) is 0.412. The van der Waals surface area contributed by atoms with Crippen LogP contribution in [0, 0.1) is 6.92 Å². The molecule has 0 fully saturated rings. The molecule has 2 aromatic carbocycles. The SMILES string of the molecule is CCCN(Cc1ccc(-c2ccccc2-c2nn[nH]n2)cc1)c1ncnc2oc(C)nc12. The summed E-state index contributed by atoms with van der Waals surface area (Å²) < 4.78 is 5.59. The van der Waals surface area contributed by atoms with Crippen molar-refractivity contribution in [3.8, 4) is 22.5 Å². The Bertz CT molecular complexity index is 1330. The Morgan fingerprint density at radius 3 is 2.56 bits per heavy atom. The minimum atomic E-state index is 0.516. The Hall–Kier alpha value is -4.14. The molecule has 0 unspecified atom stereocenters. The average molecular weight is 426 g/mol. The minimum Gasteiger partial charge on any atom is -0.422 e. The van der Waals surface area contributed by atoms with Crippen LogP contribution >= 0.6 is 0 Å². The molecule has 5 aromatic rings. The second-order valence-corrected chi connectivity index (χ2v) is 7.48. The standard InChI is InChI=1S/C23H22N8O/c1-3-12-31(22-20-23(25-14-24-22)32-15(2)26-20)13-16-8-10-17(11-9-16)18-6-4-5-7-19(18)21-27-29-30-28-21/h4-11,14H,3,12-13H2,1-2H3,(H,27,28,29,30). The Labute approximate surface area is 184 Å². The number of tetrazole rings is 1. The molecule has 0 radical (unpaired) electrons. The zero-order chi connectivity index (χ0) is 21.9. The number of anilines is 1. The summed E-state index contributed by atoms with van der Waals surface area (Å²) in [5, 5.41) is 14.5. The van der Waals surface area contributed by atoms with Crippen LogP contribution in [-0.4, -0.2) is 42.1 Å². The van der Waals surface area contributed by atoms with Crippen LogP contribution in [0.2, 0.25) is 0 Å². The third kappa shape index (κ3) is 3.80. The summed E-state index contributed by atoms with van der Waals surface area (Å²) in [6, 6.07) is 16.6. The van der Waals surface area contributed by atoms with E-state index in [0.29, 0.717) is 29.5 Å². The number of hydrogen-bond donors (Lipinski definition) is 1. The molecule has 9 nitrogen and oxygen atoms in total. The maximum Gasteiger partial charge on any atom is 0.252 e. The molecular weight excluding hydrogens is 404 g/mol. The number of aryl methyl sites for hydroxylation is 1. The van der Waals surface area contributed by atoms with Crippen LogP contribution in [0.1, 0.15) is 24.8 Å². The van der Waals surface area contributed by atoms with Gasteiger partial charge in [0.15, 0.2) is 17.2 Å². The maximum absolute atomic E-state index is 5.59. The molecule has 0 aliphatic carbocycles. The Kier molecular flexibility index (Phi) is 5.29. The van der Waals surface area contributed by atoms with Gasteiger partial charge in [0, 0.05) is 25.6 Å². The van der Waals surface area contributed by atoms with E-state index >= 15 is 0 Å². The van der Waals surface area contributed by atoms with Gasteiger partial charge < -0.3 is 9.32 Å². The predicted octanol–water partition coefficient (Wildman–Crippen LogP) is 4.19. The molecular formula is C23H22N8O. The molecule has 5 rings (SSSR count). The van der Waals surface area contributed by atoms with Crippen LogP contribution in [-0.2, 0) is 6.54 Å². The molecule has 32 heavy (non-hydrogen) atoms. The summed E-state index contributed by atoms with van der Waals surface area (Å²) >= 11 is 0. The zero-order valence-electron chi connectivity index (χ0n) is 17.9. The number of benzene rings is 2. The van der Waals surface area contributed by atoms with E-state index in [0.717, 1.165) is 35.5 Å². The van der Waals surface area contributed by atoms with E-state index in [1.54, 1.807) is 0 Å². The van der Waals surface area contributed by atoms with Crippen LogP contribution < -0.4 is 4.90 Å². The van der Waals surface area contributed by atoms with Gasteiger partial charge in [-0.1, -0.05) is 55.5 Å². The van der Waals surface area contributed by atoms with E-state index in [2.05, 4.69) is 77.7 Å². The maximum atomic E-state index is 5.59. The first-order chi connectivity index (χ1) is 15.7. The highest BCUT2D eigenvalue weighted by atomic mass is 16.4. The molecule has 0 atom stereocenters. The summed E-state index contributed by atoms with van der Waals surface area (Å²) in [5.41, 5.74) is 5.47. The Morgan fingerprint density at radius 1 is 1.00 bits per heavy atom. The van der Waals surface area contributed by atoms with Crippen molar-refractivity contribution < 1.29 is 4.42 Å². The number of aromatic nitrogens is 7. The Balaban J connectivity index is 1.44. The fourth-order valence-corrected chi connectivity index (χ4v) is 3.82. The average Bonchev–Trinajstić information content (AvgIpc) is 3.48. The first-order valence-electron chi connectivity index (χ1n) is 10.5. The lowest BCUT2D eigenvalue weighted by Gasteiger charge is -2.23. The number of oxazole rings is 1. The van der Waals surface area contributed by atoms with Gasteiger partial charge in [0.1, 0.15) is 6.33 Å². The molecule has 0 amide bonds. The summed E-state index contributed by atoms with van der Waals surface area (Å²) in [5.74, 6) is 1.96. The summed E-state index contributed by atoms with van der Waals surface area (Å²) in [6.45, 7) is 5.53. The number of hydrogen-bond acceptors (Lipinski definition) is 8. The molecule has 0 saturated heterocycles. The number of rotatable bonds is 7.